The summed E-state index contributed by atoms with van der Waals surface area (Å²) in [6.07, 6.45) is 0. The fourth-order valence-electron chi connectivity index (χ4n) is 3.23. The molecule has 0 aliphatic carbocycles. The van der Waals surface area contributed by atoms with Gasteiger partial charge in [-0.25, -0.2) is 0 Å². The second kappa shape index (κ2) is 5.38. The van der Waals surface area contributed by atoms with Crippen LogP contribution in [0, 0.1) is 11.8 Å². The number of hydrogen-bond donors (Lipinski definition) is 1. The summed E-state index contributed by atoms with van der Waals surface area (Å²) in [5, 5.41) is 3.58. The average molecular weight is 253 g/mol. The van der Waals surface area contributed by atoms with E-state index >= 15 is 0 Å². The Kier molecular flexibility index (Phi) is 4.08. The summed E-state index contributed by atoms with van der Waals surface area (Å²) in [6.45, 7) is 7.22. The molecule has 3 atom stereocenters. The van der Waals surface area contributed by atoms with Crippen LogP contribution in [0.4, 0.5) is 0 Å². The Morgan fingerprint density at radius 3 is 2.71 bits per heavy atom. The molecule has 2 aliphatic rings. The molecular formula is C14H21ClN2. The largest absolute Gasteiger partial charge is 0.314 e. The molecule has 2 aliphatic heterocycles. The van der Waals surface area contributed by atoms with E-state index in [1.807, 2.05) is 0 Å². The van der Waals surface area contributed by atoms with Crippen LogP contribution < -0.4 is 5.32 Å². The Morgan fingerprint density at radius 2 is 2.00 bits per heavy atom. The Balaban J connectivity index is 0.00000108. The molecule has 3 heteroatoms. The molecule has 2 nitrogen and oxygen atoms in total. The van der Waals surface area contributed by atoms with Crippen LogP contribution in [0.15, 0.2) is 30.3 Å². The van der Waals surface area contributed by atoms with E-state index in [1.165, 1.54) is 25.2 Å². The van der Waals surface area contributed by atoms with Crippen molar-refractivity contribution in [2.24, 2.45) is 11.8 Å². The predicted octanol–water partition coefficient (Wildman–Crippen LogP) is 2.15. The number of rotatable bonds is 2. The maximum atomic E-state index is 3.58. The van der Waals surface area contributed by atoms with Gasteiger partial charge in [-0.2, -0.15) is 0 Å². The first-order valence-electron chi connectivity index (χ1n) is 6.32. The summed E-state index contributed by atoms with van der Waals surface area (Å²) < 4.78 is 0. The van der Waals surface area contributed by atoms with Crippen molar-refractivity contribution in [1.82, 2.24) is 10.2 Å². The summed E-state index contributed by atoms with van der Waals surface area (Å²) in [4.78, 5) is 2.61. The van der Waals surface area contributed by atoms with Crippen molar-refractivity contribution in [3.8, 4) is 0 Å². The van der Waals surface area contributed by atoms with Gasteiger partial charge in [0.15, 0.2) is 0 Å². The van der Waals surface area contributed by atoms with Gasteiger partial charge in [-0.1, -0.05) is 30.3 Å². The molecule has 0 unspecified atom stereocenters. The van der Waals surface area contributed by atoms with E-state index in [0.717, 1.165) is 18.4 Å². The van der Waals surface area contributed by atoms with Crippen molar-refractivity contribution in [2.75, 3.05) is 19.6 Å². The Morgan fingerprint density at radius 1 is 1.24 bits per heavy atom. The number of fused-ring (bicyclic) bond motifs is 1. The first-order valence-corrected chi connectivity index (χ1v) is 6.32. The molecule has 17 heavy (non-hydrogen) atoms. The van der Waals surface area contributed by atoms with Crippen LogP contribution >= 0.6 is 12.4 Å². The summed E-state index contributed by atoms with van der Waals surface area (Å²) in [5.41, 5.74) is 1.45. The van der Waals surface area contributed by atoms with Gasteiger partial charge in [-0.15, -0.1) is 12.4 Å². The molecule has 0 spiro atoms. The van der Waals surface area contributed by atoms with Gasteiger partial charge in [0.2, 0.25) is 0 Å². The summed E-state index contributed by atoms with van der Waals surface area (Å²) in [6, 6.07) is 11.5. The third-order valence-electron chi connectivity index (χ3n) is 4.16. The van der Waals surface area contributed by atoms with Crippen molar-refractivity contribution in [1.29, 1.82) is 0 Å². The topological polar surface area (TPSA) is 15.3 Å². The zero-order valence-electron chi connectivity index (χ0n) is 10.3. The highest BCUT2D eigenvalue weighted by Crippen LogP contribution is 2.31. The van der Waals surface area contributed by atoms with E-state index in [1.54, 1.807) is 0 Å². The van der Waals surface area contributed by atoms with Crippen molar-refractivity contribution >= 4 is 12.4 Å². The van der Waals surface area contributed by atoms with E-state index in [4.69, 9.17) is 0 Å². The maximum absolute atomic E-state index is 3.58. The zero-order chi connectivity index (χ0) is 11.0. The van der Waals surface area contributed by atoms with Crippen LogP contribution in [0.3, 0.4) is 0 Å². The lowest BCUT2D eigenvalue weighted by molar-refractivity contribution is 0.296. The summed E-state index contributed by atoms with van der Waals surface area (Å²) >= 11 is 0. The Hall–Kier alpha value is -0.570. The summed E-state index contributed by atoms with van der Waals surface area (Å²) in [5.74, 6) is 1.77. The number of benzene rings is 1. The van der Waals surface area contributed by atoms with Gasteiger partial charge < -0.3 is 5.32 Å². The number of hydrogen-bond acceptors (Lipinski definition) is 2. The fourth-order valence-corrected chi connectivity index (χ4v) is 3.23. The van der Waals surface area contributed by atoms with Crippen LogP contribution in [0.5, 0.6) is 0 Å². The van der Waals surface area contributed by atoms with Crippen molar-refractivity contribution < 1.29 is 0 Å². The Bertz CT molecular complexity index is 354. The molecule has 0 aromatic heterocycles. The standard InChI is InChI=1S/C14H20N2.ClH/c1-11-14-10-16(9-13(14)7-15-11)8-12-5-3-2-4-6-12;/h2-6,11,13-15H,7-10H2,1H3;1H/t11-,13-,14-;/m0./s1. The van der Waals surface area contributed by atoms with Crippen molar-refractivity contribution in [3.63, 3.8) is 0 Å². The lowest BCUT2D eigenvalue weighted by Crippen LogP contribution is -2.30. The highest BCUT2D eigenvalue weighted by molar-refractivity contribution is 5.85. The van der Waals surface area contributed by atoms with E-state index in [-0.39, 0.29) is 12.4 Å². The smallest absolute Gasteiger partial charge is 0.0233 e. The quantitative estimate of drug-likeness (QED) is 0.868. The Labute approximate surface area is 110 Å². The fraction of sp³-hybridized carbons (Fsp3) is 0.571. The van der Waals surface area contributed by atoms with Gasteiger partial charge >= 0.3 is 0 Å². The molecule has 3 rings (SSSR count). The molecule has 2 heterocycles. The predicted molar refractivity (Wildman–Crippen MR) is 73.4 cm³/mol. The van der Waals surface area contributed by atoms with Gasteiger partial charge in [0, 0.05) is 25.7 Å². The minimum absolute atomic E-state index is 0. The second-order valence-electron chi connectivity index (χ2n) is 5.30. The van der Waals surface area contributed by atoms with E-state index < -0.39 is 0 Å². The van der Waals surface area contributed by atoms with Crippen LogP contribution in [0.1, 0.15) is 12.5 Å². The second-order valence-corrected chi connectivity index (χ2v) is 5.30. The minimum Gasteiger partial charge on any atom is -0.314 e. The summed E-state index contributed by atoms with van der Waals surface area (Å²) in [7, 11) is 0. The lowest BCUT2D eigenvalue weighted by atomic mass is 9.95. The monoisotopic (exact) mass is 252 g/mol. The van der Waals surface area contributed by atoms with Crippen LogP contribution in [-0.2, 0) is 6.54 Å². The number of nitrogens with zero attached hydrogens (tertiary/aromatic N) is 1. The molecule has 2 fully saturated rings. The van der Waals surface area contributed by atoms with Crippen molar-refractivity contribution in [3.05, 3.63) is 35.9 Å². The molecular weight excluding hydrogens is 232 g/mol. The molecule has 2 saturated heterocycles. The molecule has 1 N–H and O–H groups in total. The molecule has 1 aromatic rings. The minimum atomic E-state index is 0. The molecule has 0 bridgehead atoms. The first kappa shape index (κ1) is 12.9. The van der Waals surface area contributed by atoms with Crippen molar-refractivity contribution in [2.45, 2.75) is 19.5 Å². The van der Waals surface area contributed by atoms with Gasteiger partial charge in [0.05, 0.1) is 0 Å². The van der Waals surface area contributed by atoms with Gasteiger partial charge in [-0.05, 0) is 30.9 Å². The number of likely N-dealkylation sites (tertiary alicyclic amines) is 1. The molecule has 0 saturated carbocycles. The average Bonchev–Trinajstić information content (AvgIpc) is 2.83. The van der Waals surface area contributed by atoms with E-state index in [9.17, 15) is 0 Å². The molecule has 0 amide bonds. The van der Waals surface area contributed by atoms with E-state index in [2.05, 4.69) is 47.5 Å². The molecule has 94 valence electrons. The molecule has 1 aromatic carbocycles. The van der Waals surface area contributed by atoms with Gasteiger partial charge in [0.1, 0.15) is 0 Å². The third kappa shape index (κ3) is 2.65. The SMILES string of the molecule is C[C@@H]1NC[C@H]2CN(Cc3ccccc3)C[C@H]21.Cl. The zero-order valence-corrected chi connectivity index (χ0v) is 11.1. The van der Waals surface area contributed by atoms with Gasteiger partial charge in [-0.3, -0.25) is 4.90 Å². The highest BCUT2D eigenvalue weighted by atomic mass is 35.5. The first-order chi connectivity index (χ1) is 7.83. The molecule has 0 radical (unpaired) electrons. The number of nitrogens with one attached hydrogen (secondary N) is 1. The third-order valence-corrected chi connectivity index (χ3v) is 4.16. The van der Waals surface area contributed by atoms with Crippen LogP contribution in [0.2, 0.25) is 0 Å². The highest BCUT2D eigenvalue weighted by Gasteiger charge is 2.40. The van der Waals surface area contributed by atoms with E-state index in [0.29, 0.717) is 6.04 Å². The van der Waals surface area contributed by atoms with Crippen LogP contribution in [0.25, 0.3) is 0 Å². The maximum Gasteiger partial charge on any atom is 0.0233 e. The van der Waals surface area contributed by atoms with Gasteiger partial charge in [0.25, 0.3) is 0 Å². The normalized spacial score (nSPS) is 32.2. The lowest BCUT2D eigenvalue weighted by Gasteiger charge is -2.18. The van der Waals surface area contributed by atoms with Crippen LogP contribution in [-0.4, -0.2) is 30.6 Å². The number of halogens is 1.